The lowest BCUT2D eigenvalue weighted by Crippen LogP contribution is -2.22. The Morgan fingerprint density at radius 2 is 1.76 bits per heavy atom. The van der Waals surface area contributed by atoms with Crippen LogP contribution in [-0.2, 0) is 0 Å². The molecule has 0 amide bonds. The Bertz CT molecular complexity index is 523. The lowest BCUT2D eigenvalue weighted by atomic mass is 9.99. The van der Waals surface area contributed by atoms with Crippen LogP contribution in [0.4, 0.5) is 0 Å². The molecule has 0 bridgehead atoms. The minimum absolute atomic E-state index is 0.346. The van der Waals surface area contributed by atoms with Gasteiger partial charge in [0.1, 0.15) is 5.75 Å². The SMILES string of the molecule is COc1ccc2cc([C@H](N)[C@@H](C)O)ccc2c1. The van der Waals surface area contributed by atoms with Crippen molar-refractivity contribution in [2.24, 2.45) is 5.73 Å². The van der Waals surface area contributed by atoms with E-state index in [0.717, 1.165) is 22.1 Å². The molecule has 0 spiro atoms. The number of nitrogens with two attached hydrogens (primary N) is 1. The van der Waals surface area contributed by atoms with Crippen molar-refractivity contribution >= 4 is 10.8 Å². The van der Waals surface area contributed by atoms with Gasteiger partial charge in [-0.3, -0.25) is 0 Å². The van der Waals surface area contributed by atoms with Gasteiger partial charge in [0.25, 0.3) is 0 Å². The average Bonchev–Trinajstić information content (AvgIpc) is 2.36. The standard InChI is InChI=1S/C14H17NO2/c1-9(16)14(15)12-4-3-11-8-13(17-2)6-5-10(11)7-12/h3-9,14,16H,15H2,1-2H3/t9-,14-/m1/s1. The minimum atomic E-state index is -0.550. The predicted octanol–water partition coefficient (Wildman–Crippen LogP) is 2.23. The number of rotatable bonds is 3. The molecule has 2 aromatic carbocycles. The van der Waals surface area contributed by atoms with Crippen molar-refractivity contribution in [3.63, 3.8) is 0 Å². The Morgan fingerprint density at radius 3 is 2.41 bits per heavy atom. The largest absolute Gasteiger partial charge is 0.497 e. The first-order chi connectivity index (χ1) is 8.11. The molecule has 90 valence electrons. The van der Waals surface area contributed by atoms with Crippen LogP contribution in [0.25, 0.3) is 10.8 Å². The molecule has 2 aromatic rings. The molecule has 0 saturated carbocycles. The Morgan fingerprint density at radius 1 is 1.12 bits per heavy atom. The molecule has 0 heterocycles. The van der Waals surface area contributed by atoms with Gasteiger partial charge in [-0.15, -0.1) is 0 Å². The summed E-state index contributed by atoms with van der Waals surface area (Å²) in [6.45, 7) is 1.70. The zero-order chi connectivity index (χ0) is 12.4. The van der Waals surface area contributed by atoms with Crippen molar-refractivity contribution in [2.75, 3.05) is 7.11 Å². The molecule has 2 rings (SSSR count). The van der Waals surface area contributed by atoms with Gasteiger partial charge in [0.2, 0.25) is 0 Å². The molecular formula is C14H17NO2. The van der Waals surface area contributed by atoms with Gasteiger partial charge in [-0.2, -0.15) is 0 Å². The highest BCUT2D eigenvalue weighted by Gasteiger charge is 2.12. The first-order valence-corrected chi connectivity index (χ1v) is 5.63. The van der Waals surface area contributed by atoms with Crippen molar-refractivity contribution in [3.05, 3.63) is 42.0 Å². The summed E-state index contributed by atoms with van der Waals surface area (Å²) >= 11 is 0. The van der Waals surface area contributed by atoms with Crippen LogP contribution in [0.1, 0.15) is 18.5 Å². The molecule has 0 aliphatic carbocycles. The van der Waals surface area contributed by atoms with Crippen LogP contribution in [0.5, 0.6) is 5.75 Å². The van der Waals surface area contributed by atoms with E-state index in [4.69, 9.17) is 10.5 Å². The number of hydrogen-bond acceptors (Lipinski definition) is 3. The lowest BCUT2D eigenvalue weighted by Gasteiger charge is -2.15. The van der Waals surface area contributed by atoms with Crippen molar-refractivity contribution in [1.82, 2.24) is 0 Å². The predicted molar refractivity (Wildman–Crippen MR) is 69.1 cm³/mol. The fourth-order valence-corrected chi connectivity index (χ4v) is 1.86. The Hall–Kier alpha value is -1.58. The van der Waals surface area contributed by atoms with Crippen molar-refractivity contribution in [2.45, 2.75) is 19.1 Å². The molecule has 0 saturated heterocycles. The van der Waals surface area contributed by atoms with Crippen LogP contribution in [-0.4, -0.2) is 18.3 Å². The van der Waals surface area contributed by atoms with E-state index in [2.05, 4.69) is 0 Å². The summed E-state index contributed by atoms with van der Waals surface area (Å²) in [5.41, 5.74) is 6.85. The van der Waals surface area contributed by atoms with Gasteiger partial charge in [-0.05, 0) is 41.5 Å². The third-order valence-corrected chi connectivity index (χ3v) is 2.98. The van der Waals surface area contributed by atoms with E-state index in [1.54, 1.807) is 14.0 Å². The summed E-state index contributed by atoms with van der Waals surface area (Å²) in [5, 5.41) is 11.7. The number of aliphatic hydroxyl groups excluding tert-OH is 1. The zero-order valence-electron chi connectivity index (χ0n) is 10.1. The summed E-state index contributed by atoms with van der Waals surface area (Å²) in [7, 11) is 1.65. The quantitative estimate of drug-likeness (QED) is 0.851. The number of ether oxygens (including phenoxy) is 1. The molecule has 17 heavy (non-hydrogen) atoms. The monoisotopic (exact) mass is 231 g/mol. The van der Waals surface area contributed by atoms with Crippen LogP contribution in [0.2, 0.25) is 0 Å². The molecule has 0 aliphatic rings. The normalized spacial score (nSPS) is 14.6. The molecule has 3 heteroatoms. The second kappa shape index (κ2) is 4.73. The summed E-state index contributed by atoms with van der Waals surface area (Å²) < 4.78 is 5.17. The summed E-state index contributed by atoms with van der Waals surface area (Å²) in [5.74, 6) is 0.838. The van der Waals surface area contributed by atoms with E-state index in [1.807, 2.05) is 36.4 Å². The molecule has 0 fully saturated rings. The minimum Gasteiger partial charge on any atom is -0.497 e. The van der Waals surface area contributed by atoms with E-state index in [9.17, 15) is 5.11 Å². The van der Waals surface area contributed by atoms with Crippen LogP contribution in [0, 0.1) is 0 Å². The fourth-order valence-electron chi connectivity index (χ4n) is 1.86. The third kappa shape index (κ3) is 2.40. The smallest absolute Gasteiger partial charge is 0.119 e. The molecule has 0 radical (unpaired) electrons. The van der Waals surface area contributed by atoms with Gasteiger partial charge < -0.3 is 15.6 Å². The Balaban J connectivity index is 2.44. The van der Waals surface area contributed by atoms with E-state index in [-0.39, 0.29) is 6.04 Å². The highest BCUT2D eigenvalue weighted by atomic mass is 16.5. The maximum absolute atomic E-state index is 9.48. The highest BCUT2D eigenvalue weighted by Crippen LogP contribution is 2.24. The lowest BCUT2D eigenvalue weighted by molar-refractivity contribution is 0.164. The number of fused-ring (bicyclic) bond motifs is 1. The molecule has 2 atom stereocenters. The summed E-state index contributed by atoms with van der Waals surface area (Å²) in [6.07, 6.45) is -0.550. The van der Waals surface area contributed by atoms with Crippen LogP contribution in [0.3, 0.4) is 0 Å². The van der Waals surface area contributed by atoms with Gasteiger partial charge in [0, 0.05) is 0 Å². The van der Waals surface area contributed by atoms with E-state index >= 15 is 0 Å². The fraction of sp³-hybridized carbons (Fsp3) is 0.286. The third-order valence-electron chi connectivity index (χ3n) is 2.98. The van der Waals surface area contributed by atoms with E-state index in [0.29, 0.717) is 0 Å². The van der Waals surface area contributed by atoms with Crippen molar-refractivity contribution in [1.29, 1.82) is 0 Å². The topological polar surface area (TPSA) is 55.5 Å². The second-order valence-electron chi connectivity index (χ2n) is 4.24. The molecule has 3 N–H and O–H groups in total. The number of benzene rings is 2. The average molecular weight is 231 g/mol. The van der Waals surface area contributed by atoms with Crippen LogP contribution in [0.15, 0.2) is 36.4 Å². The van der Waals surface area contributed by atoms with Crippen molar-refractivity contribution < 1.29 is 9.84 Å². The number of methoxy groups -OCH3 is 1. The Kier molecular flexibility index (Phi) is 3.31. The van der Waals surface area contributed by atoms with E-state index in [1.165, 1.54) is 0 Å². The highest BCUT2D eigenvalue weighted by molar-refractivity contribution is 5.84. The maximum atomic E-state index is 9.48. The Labute approximate surface area is 101 Å². The first kappa shape index (κ1) is 11.9. The van der Waals surface area contributed by atoms with Gasteiger partial charge in [-0.1, -0.05) is 18.2 Å². The molecule has 0 unspecified atom stereocenters. The van der Waals surface area contributed by atoms with Gasteiger partial charge in [0.05, 0.1) is 19.3 Å². The first-order valence-electron chi connectivity index (χ1n) is 5.63. The maximum Gasteiger partial charge on any atom is 0.119 e. The van der Waals surface area contributed by atoms with E-state index < -0.39 is 6.10 Å². The van der Waals surface area contributed by atoms with Gasteiger partial charge in [0.15, 0.2) is 0 Å². The van der Waals surface area contributed by atoms with Crippen LogP contribution < -0.4 is 10.5 Å². The van der Waals surface area contributed by atoms with Crippen molar-refractivity contribution in [3.8, 4) is 5.75 Å². The van der Waals surface area contributed by atoms with Gasteiger partial charge in [-0.25, -0.2) is 0 Å². The molecule has 0 aromatic heterocycles. The zero-order valence-corrected chi connectivity index (χ0v) is 10.1. The number of aliphatic hydroxyl groups is 1. The molecule has 0 aliphatic heterocycles. The summed E-state index contributed by atoms with van der Waals surface area (Å²) in [4.78, 5) is 0. The number of hydrogen-bond donors (Lipinski definition) is 2. The summed E-state index contributed by atoms with van der Waals surface area (Å²) in [6, 6.07) is 11.5. The van der Waals surface area contributed by atoms with Crippen LogP contribution >= 0.6 is 0 Å². The second-order valence-corrected chi connectivity index (χ2v) is 4.24. The molecular weight excluding hydrogens is 214 g/mol. The van der Waals surface area contributed by atoms with Gasteiger partial charge >= 0.3 is 0 Å². The molecule has 3 nitrogen and oxygen atoms in total.